The van der Waals surface area contributed by atoms with Gasteiger partial charge in [0, 0.05) is 22.8 Å². The molecule has 0 saturated carbocycles. The number of ether oxygens (including phenoxy) is 1. The second-order valence-electron chi connectivity index (χ2n) is 4.28. The molecule has 2 amide bonds. The standard InChI is InChI=1S/C15H17N3O2S/c1-3-7-20-13-6-4-5-12(8-13)18-15(19)17-10-14-9-16-11(2)21-14/h3-6,8-9H,1,7,10H2,2H3,(H2,17,18,19). The number of thiazole rings is 1. The van der Waals surface area contributed by atoms with E-state index < -0.39 is 0 Å². The Morgan fingerprint density at radius 1 is 1.52 bits per heavy atom. The lowest BCUT2D eigenvalue weighted by molar-refractivity contribution is 0.252. The number of carbonyl (C=O) groups is 1. The van der Waals surface area contributed by atoms with Gasteiger partial charge in [-0.05, 0) is 19.1 Å². The topological polar surface area (TPSA) is 63.2 Å². The molecule has 0 spiro atoms. The molecule has 21 heavy (non-hydrogen) atoms. The van der Waals surface area contributed by atoms with E-state index in [-0.39, 0.29) is 6.03 Å². The smallest absolute Gasteiger partial charge is 0.319 e. The van der Waals surface area contributed by atoms with Crippen LogP contribution in [0.1, 0.15) is 9.88 Å². The summed E-state index contributed by atoms with van der Waals surface area (Å²) in [5.74, 6) is 0.686. The molecule has 1 aromatic heterocycles. The maximum Gasteiger partial charge on any atom is 0.319 e. The molecule has 5 nitrogen and oxygen atoms in total. The molecule has 0 atom stereocenters. The summed E-state index contributed by atoms with van der Waals surface area (Å²) in [7, 11) is 0. The fourth-order valence-electron chi connectivity index (χ4n) is 1.65. The van der Waals surface area contributed by atoms with Crippen LogP contribution < -0.4 is 15.4 Å². The lowest BCUT2D eigenvalue weighted by Gasteiger charge is -2.08. The van der Waals surface area contributed by atoms with Gasteiger partial charge < -0.3 is 15.4 Å². The van der Waals surface area contributed by atoms with E-state index in [2.05, 4.69) is 22.2 Å². The van der Waals surface area contributed by atoms with Crippen LogP contribution in [0.4, 0.5) is 10.5 Å². The zero-order valence-corrected chi connectivity index (χ0v) is 12.6. The Labute approximate surface area is 127 Å². The van der Waals surface area contributed by atoms with Gasteiger partial charge >= 0.3 is 6.03 Å². The van der Waals surface area contributed by atoms with Crippen LogP contribution in [0.15, 0.2) is 43.1 Å². The number of urea groups is 1. The highest BCUT2D eigenvalue weighted by atomic mass is 32.1. The van der Waals surface area contributed by atoms with Crippen LogP contribution in [0.2, 0.25) is 0 Å². The Hall–Kier alpha value is -2.34. The predicted molar refractivity (Wildman–Crippen MR) is 84.8 cm³/mol. The molecule has 0 aliphatic heterocycles. The van der Waals surface area contributed by atoms with Crippen molar-refractivity contribution in [1.29, 1.82) is 0 Å². The van der Waals surface area contributed by atoms with Crippen molar-refractivity contribution in [2.75, 3.05) is 11.9 Å². The van der Waals surface area contributed by atoms with Crippen molar-refractivity contribution in [2.45, 2.75) is 13.5 Å². The Morgan fingerprint density at radius 3 is 3.10 bits per heavy atom. The van der Waals surface area contributed by atoms with E-state index >= 15 is 0 Å². The Balaban J connectivity index is 1.85. The van der Waals surface area contributed by atoms with Crippen molar-refractivity contribution >= 4 is 23.1 Å². The number of anilines is 1. The zero-order valence-electron chi connectivity index (χ0n) is 11.8. The van der Waals surface area contributed by atoms with Gasteiger partial charge in [0.25, 0.3) is 0 Å². The van der Waals surface area contributed by atoms with Crippen molar-refractivity contribution in [2.24, 2.45) is 0 Å². The molecule has 110 valence electrons. The van der Waals surface area contributed by atoms with E-state index in [9.17, 15) is 4.79 Å². The van der Waals surface area contributed by atoms with Crippen molar-refractivity contribution in [1.82, 2.24) is 10.3 Å². The summed E-state index contributed by atoms with van der Waals surface area (Å²) < 4.78 is 5.41. The molecule has 0 saturated heterocycles. The summed E-state index contributed by atoms with van der Waals surface area (Å²) in [4.78, 5) is 17.0. The number of nitrogens with one attached hydrogen (secondary N) is 2. The third-order valence-electron chi connectivity index (χ3n) is 2.55. The van der Waals surface area contributed by atoms with E-state index in [4.69, 9.17) is 4.74 Å². The van der Waals surface area contributed by atoms with E-state index in [1.807, 2.05) is 19.1 Å². The summed E-state index contributed by atoms with van der Waals surface area (Å²) in [6.07, 6.45) is 3.44. The average Bonchev–Trinajstić information content (AvgIpc) is 2.89. The van der Waals surface area contributed by atoms with Crippen LogP contribution in [0.3, 0.4) is 0 Å². The molecule has 1 aromatic carbocycles. The molecule has 0 fully saturated rings. The van der Waals surface area contributed by atoms with Crippen LogP contribution in [-0.2, 0) is 6.54 Å². The first-order chi connectivity index (χ1) is 10.2. The summed E-state index contributed by atoms with van der Waals surface area (Å²) >= 11 is 1.56. The number of hydrogen-bond donors (Lipinski definition) is 2. The Bertz CT molecular complexity index is 625. The first-order valence-electron chi connectivity index (χ1n) is 6.47. The van der Waals surface area contributed by atoms with Gasteiger partial charge in [0.1, 0.15) is 12.4 Å². The fourth-order valence-corrected chi connectivity index (χ4v) is 2.38. The van der Waals surface area contributed by atoms with Gasteiger partial charge in [-0.2, -0.15) is 0 Å². The van der Waals surface area contributed by atoms with Gasteiger partial charge in [-0.15, -0.1) is 11.3 Å². The van der Waals surface area contributed by atoms with Crippen molar-refractivity contribution in [3.05, 3.63) is 53.0 Å². The van der Waals surface area contributed by atoms with Crippen molar-refractivity contribution in [3.63, 3.8) is 0 Å². The van der Waals surface area contributed by atoms with E-state index in [0.717, 1.165) is 9.88 Å². The van der Waals surface area contributed by atoms with Crippen LogP contribution in [-0.4, -0.2) is 17.6 Å². The normalized spacial score (nSPS) is 9.95. The van der Waals surface area contributed by atoms with Gasteiger partial charge in [-0.1, -0.05) is 18.7 Å². The summed E-state index contributed by atoms with van der Waals surface area (Å²) in [6.45, 7) is 6.42. The minimum Gasteiger partial charge on any atom is -0.489 e. The molecule has 0 aliphatic rings. The molecule has 2 N–H and O–H groups in total. The molecule has 0 aliphatic carbocycles. The number of aryl methyl sites for hydroxylation is 1. The highest BCUT2D eigenvalue weighted by Gasteiger charge is 2.04. The second-order valence-corrected chi connectivity index (χ2v) is 5.60. The summed E-state index contributed by atoms with van der Waals surface area (Å²) in [6, 6.07) is 6.95. The quantitative estimate of drug-likeness (QED) is 0.805. The first-order valence-corrected chi connectivity index (χ1v) is 7.29. The van der Waals surface area contributed by atoms with E-state index in [1.54, 1.807) is 35.7 Å². The van der Waals surface area contributed by atoms with Crippen LogP contribution in [0.25, 0.3) is 0 Å². The third-order valence-corrected chi connectivity index (χ3v) is 3.46. The molecule has 0 bridgehead atoms. The fraction of sp³-hybridized carbons (Fsp3) is 0.200. The number of nitrogens with zero attached hydrogens (tertiary/aromatic N) is 1. The molecule has 2 aromatic rings. The van der Waals surface area contributed by atoms with Gasteiger partial charge in [0.05, 0.1) is 11.6 Å². The van der Waals surface area contributed by atoms with E-state index in [0.29, 0.717) is 24.6 Å². The Morgan fingerprint density at radius 2 is 2.38 bits per heavy atom. The monoisotopic (exact) mass is 303 g/mol. The molecular weight excluding hydrogens is 286 g/mol. The SMILES string of the molecule is C=CCOc1cccc(NC(=O)NCc2cnc(C)s2)c1. The maximum atomic E-state index is 11.8. The van der Waals surface area contributed by atoms with Crippen LogP contribution in [0, 0.1) is 6.92 Å². The highest BCUT2D eigenvalue weighted by Crippen LogP contribution is 2.17. The maximum absolute atomic E-state index is 11.8. The minimum atomic E-state index is -0.262. The third kappa shape index (κ3) is 4.92. The van der Waals surface area contributed by atoms with Crippen molar-refractivity contribution in [3.8, 4) is 5.75 Å². The number of benzene rings is 1. The van der Waals surface area contributed by atoms with Gasteiger partial charge in [-0.3, -0.25) is 0 Å². The average molecular weight is 303 g/mol. The zero-order chi connectivity index (χ0) is 15.1. The molecule has 0 radical (unpaired) electrons. The second kappa shape index (κ2) is 7.44. The van der Waals surface area contributed by atoms with Gasteiger partial charge in [-0.25, -0.2) is 9.78 Å². The van der Waals surface area contributed by atoms with E-state index in [1.165, 1.54) is 0 Å². The lowest BCUT2D eigenvalue weighted by atomic mass is 10.3. The van der Waals surface area contributed by atoms with Gasteiger partial charge in [0.2, 0.25) is 0 Å². The van der Waals surface area contributed by atoms with Crippen molar-refractivity contribution < 1.29 is 9.53 Å². The number of amides is 2. The number of carbonyl (C=O) groups excluding carboxylic acids is 1. The molecular formula is C15H17N3O2S. The van der Waals surface area contributed by atoms with Gasteiger partial charge in [0.15, 0.2) is 0 Å². The highest BCUT2D eigenvalue weighted by molar-refractivity contribution is 7.11. The predicted octanol–water partition coefficient (Wildman–Crippen LogP) is 3.34. The molecule has 2 rings (SSSR count). The summed E-state index contributed by atoms with van der Waals surface area (Å²) in [5.41, 5.74) is 0.676. The first kappa shape index (κ1) is 15.1. The lowest BCUT2D eigenvalue weighted by Crippen LogP contribution is -2.27. The summed E-state index contributed by atoms with van der Waals surface area (Å²) in [5, 5.41) is 6.54. The number of rotatable bonds is 6. The van der Waals surface area contributed by atoms with Crippen LogP contribution in [0.5, 0.6) is 5.75 Å². The number of hydrogen-bond acceptors (Lipinski definition) is 4. The number of aromatic nitrogens is 1. The minimum absolute atomic E-state index is 0.262. The largest absolute Gasteiger partial charge is 0.489 e. The molecule has 0 unspecified atom stereocenters. The molecule has 6 heteroatoms. The molecule has 1 heterocycles. The Kier molecular flexibility index (Phi) is 5.34. The van der Waals surface area contributed by atoms with Crippen LogP contribution >= 0.6 is 11.3 Å².